The van der Waals surface area contributed by atoms with Crippen molar-refractivity contribution in [3.63, 3.8) is 0 Å². The molecule has 0 aliphatic carbocycles. The Bertz CT molecular complexity index is 147. The van der Waals surface area contributed by atoms with Crippen LogP contribution < -0.4 is 5.43 Å². The van der Waals surface area contributed by atoms with E-state index in [-0.39, 0.29) is 5.41 Å². The summed E-state index contributed by atoms with van der Waals surface area (Å²) in [5, 5.41) is 4.06. The molecule has 2 nitrogen and oxygen atoms in total. The summed E-state index contributed by atoms with van der Waals surface area (Å²) in [4.78, 5) is 0. The van der Waals surface area contributed by atoms with Gasteiger partial charge in [0.05, 0.1) is 6.04 Å². The standard InChI is InChI=1S/C8H16N2/c1-6(2)7-8(3,4)5-9-10-7/h5-7,10H,1-4H3. The third-order valence-electron chi connectivity index (χ3n) is 2.08. The molecule has 0 bridgehead atoms. The lowest BCUT2D eigenvalue weighted by atomic mass is 9.81. The molecular formula is C8H16N2. The van der Waals surface area contributed by atoms with Gasteiger partial charge >= 0.3 is 0 Å². The molecule has 10 heavy (non-hydrogen) atoms. The van der Waals surface area contributed by atoms with Crippen LogP contribution >= 0.6 is 0 Å². The Kier molecular flexibility index (Phi) is 1.71. The lowest BCUT2D eigenvalue weighted by Crippen LogP contribution is -2.38. The number of hydrogen-bond donors (Lipinski definition) is 1. The molecular weight excluding hydrogens is 124 g/mol. The molecule has 0 aromatic rings. The van der Waals surface area contributed by atoms with Gasteiger partial charge in [0.15, 0.2) is 0 Å². The summed E-state index contributed by atoms with van der Waals surface area (Å²) in [6.07, 6.45) is 2.00. The third kappa shape index (κ3) is 1.15. The van der Waals surface area contributed by atoms with E-state index in [9.17, 15) is 0 Å². The fourth-order valence-corrected chi connectivity index (χ4v) is 1.54. The normalized spacial score (nSPS) is 29.1. The second-order valence-electron chi connectivity index (χ2n) is 3.93. The Morgan fingerprint density at radius 2 is 2.10 bits per heavy atom. The summed E-state index contributed by atoms with van der Waals surface area (Å²) in [5.74, 6) is 0.650. The van der Waals surface area contributed by atoms with E-state index in [0.29, 0.717) is 12.0 Å². The molecule has 1 N–H and O–H groups in total. The molecule has 1 unspecified atom stereocenters. The number of rotatable bonds is 1. The predicted molar refractivity (Wildman–Crippen MR) is 44.0 cm³/mol. The third-order valence-corrected chi connectivity index (χ3v) is 2.08. The number of hydrazone groups is 1. The molecule has 0 spiro atoms. The highest BCUT2D eigenvalue weighted by atomic mass is 15.3. The van der Waals surface area contributed by atoms with E-state index in [2.05, 4.69) is 38.2 Å². The van der Waals surface area contributed by atoms with Crippen LogP contribution in [-0.4, -0.2) is 12.3 Å². The fourth-order valence-electron chi connectivity index (χ4n) is 1.54. The zero-order valence-electron chi connectivity index (χ0n) is 7.18. The summed E-state index contributed by atoms with van der Waals surface area (Å²) in [6.45, 7) is 8.85. The van der Waals surface area contributed by atoms with E-state index >= 15 is 0 Å². The summed E-state index contributed by atoms with van der Waals surface area (Å²) >= 11 is 0. The first-order valence-corrected chi connectivity index (χ1v) is 3.84. The maximum Gasteiger partial charge on any atom is 0.0563 e. The SMILES string of the molecule is CC(C)C1NN=CC1(C)C. The van der Waals surface area contributed by atoms with Crippen LogP contribution in [0, 0.1) is 11.3 Å². The Morgan fingerprint density at radius 1 is 1.50 bits per heavy atom. The molecule has 0 saturated heterocycles. The first kappa shape index (κ1) is 7.58. The predicted octanol–water partition coefficient (Wildman–Crippen LogP) is 1.63. The van der Waals surface area contributed by atoms with Crippen LogP contribution in [0.25, 0.3) is 0 Å². The lowest BCUT2D eigenvalue weighted by Gasteiger charge is -2.27. The highest BCUT2D eigenvalue weighted by Crippen LogP contribution is 2.26. The minimum absolute atomic E-state index is 0.230. The van der Waals surface area contributed by atoms with Gasteiger partial charge in [0.1, 0.15) is 0 Å². The van der Waals surface area contributed by atoms with Crippen LogP contribution in [0.5, 0.6) is 0 Å². The van der Waals surface area contributed by atoms with Crippen molar-refractivity contribution in [2.45, 2.75) is 33.7 Å². The van der Waals surface area contributed by atoms with Gasteiger partial charge in [-0.25, -0.2) is 0 Å². The van der Waals surface area contributed by atoms with Crippen LogP contribution in [0.15, 0.2) is 5.10 Å². The van der Waals surface area contributed by atoms with Crippen molar-refractivity contribution in [1.82, 2.24) is 5.43 Å². The average Bonchev–Trinajstić information content (AvgIpc) is 2.08. The highest BCUT2D eigenvalue weighted by Gasteiger charge is 2.33. The zero-order chi connectivity index (χ0) is 7.78. The van der Waals surface area contributed by atoms with Crippen LogP contribution in [0.3, 0.4) is 0 Å². The van der Waals surface area contributed by atoms with Gasteiger partial charge in [-0.05, 0) is 5.92 Å². The van der Waals surface area contributed by atoms with Crippen molar-refractivity contribution < 1.29 is 0 Å². The van der Waals surface area contributed by atoms with E-state index in [1.54, 1.807) is 0 Å². The summed E-state index contributed by atoms with van der Waals surface area (Å²) < 4.78 is 0. The second kappa shape index (κ2) is 2.26. The average molecular weight is 140 g/mol. The first-order valence-electron chi connectivity index (χ1n) is 3.84. The Labute approximate surface area is 62.7 Å². The maximum atomic E-state index is 4.06. The second-order valence-corrected chi connectivity index (χ2v) is 3.93. The molecule has 1 aliphatic rings. The van der Waals surface area contributed by atoms with Gasteiger partial charge in [0.2, 0.25) is 0 Å². The van der Waals surface area contributed by atoms with Crippen molar-refractivity contribution in [3.8, 4) is 0 Å². The molecule has 1 atom stereocenters. The van der Waals surface area contributed by atoms with Crippen molar-refractivity contribution in [2.24, 2.45) is 16.4 Å². The van der Waals surface area contributed by atoms with Gasteiger partial charge in [0, 0.05) is 11.6 Å². The minimum atomic E-state index is 0.230. The van der Waals surface area contributed by atoms with E-state index in [1.807, 2.05) is 6.21 Å². The van der Waals surface area contributed by atoms with Crippen molar-refractivity contribution in [1.29, 1.82) is 0 Å². The van der Waals surface area contributed by atoms with Crippen LogP contribution in [-0.2, 0) is 0 Å². The van der Waals surface area contributed by atoms with Gasteiger partial charge in [-0.15, -0.1) is 0 Å². The van der Waals surface area contributed by atoms with Crippen molar-refractivity contribution in [3.05, 3.63) is 0 Å². The molecule has 0 radical (unpaired) electrons. The van der Waals surface area contributed by atoms with E-state index in [1.165, 1.54) is 0 Å². The summed E-state index contributed by atoms with van der Waals surface area (Å²) in [7, 11) is 0. The van der Waals surface area contributed by atoms with E-state index in [0.717, 1.165) is 0 Å². The van der Waals surface area contributed by atoms with Gasteiger partial charge in [0.25, 0.3) is 0 Å². The summed E-state index contributed by atoms with van der Waals surface area (Å²) in [5.41, 5.74) is 3.35. The van der Waals surface area contributed by atoms with Crippen LogP contribution in [0.2, 0.25) is 0 Å². The molecule has 1 heterocycles. The molecule has 0 aromatic carbocycles. The molecule has 0 saturated carbocycles. The monoisotopic (exact) mass is 140 g/mol. The van der Waals surface area contributed by atoms with Crippen molar-refractivity contribution in [2.75, 3.05) is 0 Å². The smallest absolute Gasteiger partial charge is 0.0563 e. The Balaban J connectivity index is 2.66. The van der Waals surface area contributed by atoms with Gasteiger partial charge in [-0.1, -0.05) is 27.7 Å². The van der Waals surface area contributed by atoms with Crippen LogP contribution in [0.4, 0.5) is 0 Å². The minimum Gasteiger partial charge on any atom is -0.306 e. The summed E-state index contributed by atoms with van der Waals surface area (Å²) in [6, 6.07) is 0.507. The maximum absolute atomic E-state index is 4.06. The fraction of sp³-hybridized carbons (Fsp3) is 0.875. The molecule has 1 rings (SSSR count). The first-order chi connectivity index (χ1) is 4.54. The molecule has 0 aromatic heterocycles. The van der Waals surface area contributed by atoms with E-state index < -0.39 is 0 Å². The highest BCUT2D eigenvalue weighted by molar-refractivity contribution is 5.67. The van der Waals surface area contributed by atoms with Crippen LogP contribution in [0.1, 0.15) is 27.7 Å². The van der Waals surface area contributed by atoms with Gasteiger partial charge in [-0.2, -0.15) is 5.10 Å². The largest absolute Gasteiger partial charge is 0.306 e. The molecule has 1 aliphatic heterocycles. The van der Waals surface area contributed by atoms with Gasteiger partial charge in [-0.3, -0.25) is 0 Å². The zero-order valence-corrected chi connectivity index (χ0v) is 7.18. The molecule has 2 heteroatoms. The molecule has 0 amide bonds. The Morgan fingerprint density at radius 3 is 2.30 bits per heavy atom. The van der Waals surface area contributed by atoms with Crippen molar-refractivity contribution >= 4 is 6.21 Å². The molecule has 58 valence electrons. The Hall–Kier alpha value is -0.530. The topological polar surface area (TPSA) is 24.4 Å². The molecule has 0 fully saturated rings. The van der Waals surface area contributed by atoms with E-state index in [4.69, 9.17) is 0 Å². The quantitative estimate of drug-likeness (QED) is 0.588. The number of nitrogens with zero attached hydrogens (tertiary/aromatic N) is 1. The number of nitrogens with one attached hydrogen (secondary N) is 1. The lowest BCUT2D eigenvalue weighted by molar-refractivity contribution is 0.299. The number of hydrogen-bond acceptors (Lipinski definition) is 2. The van der Waals surface area contributed by atoms with Gasteiger partial charge < -0.3 is 5.43 Å².